The molecule has 1 atom stereocenters. The normalized spacial score (nSPS) is 12.3. The molecular formula is C31H61ClIN. The average Bonchev–Trinajstić information content (AvgIpc) is 2.83. The van der Waals surface area contributed by atoms with Crippen LogP contribution >= 0.6 is 22.6 Å². The number of terminal acetylenes is 1. The van der Waals surface area contributed by atoms with Crippen molar-refractivity contribution in [1.29, 1.82) is 0 Å². The molecule has 0 spiro atoms. The summed E-state index contributed by atoms with van der Waals surface area (Å²) in [5.74, 6) is 3.14. The van der Waals surface area contributed by atoms with Crippen molar-refractivity contribution in [2.45, 2.75) is 166 Å². The number of hydrogen-bond acceptors (Lipinski definition) is 0. The van der Waals surface area contributed by atoms with E-state index in [9.17, 15) is 0 Å². The molecule has 0 saturated heterocycles. The molecule has 0 aromatic carbocycles. The first-order valence-electron chi connectivity index (χ1n) is 15.1. The van der Waals surface area contributed by atoms with Gasteiger partial charge in [-0.05, 0) is 38.0 Å². The average molecular weight is 610 g/mol. The topological polar surface area (TPSA) is 0 Å². The Morgan fingerprint density at radius 2 is 0.765 bits per heavy atom. The molecule has 1 unspecified atom stereocenters. The summed E-state index contributed by atoms with van der Waals surface area (Å²) >= 11 is 2.58. The van der Waals surface area contributed by atoms with Gasteiger partial charge in [0.05, 0.1) is 19.6 Å². The molecule has 0 aliphatic heterocycles. The first kappa shape index (κ1) is 36.7. The molecule has 0 aliphatic rings. The molecule has 0 radical (unpaired) electrons. The fourth-order valence-electron chi connectivity index (χ4n) is 5.13. The van der Waals surface area contributed by atoms with Crippen LogP contribution in [-0.4, -0.2) is 28.2 Å². The highest BCUT2D eigenvalue weighted by atomic mass is 127. The molecule has 34 heavy (non-hydrogen) atoms. The fourth-order valence-corrected chi connectivity index (χ4v) is 5.97. The second-order valence-corrected chi connectivity index (χ2v) is 11.8. The Bertz CT molecular complexity index is 410. The van der Waals surface area contributed by atoms with Gasteiger partial charge in [0.25, 0.3) is 0 Å². The summed E-state index contributed by atoms with van der Waals surface area (Å²) in [4.78, 5) is 0. The first-order valence-corrected chi connectivity index (χ1v) is 16.4. The largest absolute Gasteiger partial charge is 1.00 e. The summed E-state index contributed by atoms with van der Waals surface area (Å²) < 4.78 is 1.52. The Morgan fingerprint density at radius 1 is 0.500 bits per heavy atom. The Hall–Kier alpha value is 0.540. The van der Waals surface area contributed by atoms with Gasteiger partial charge in [-0.2, -0.15) is 0 Å². The molecule has 0 rings (SSSR count). The van der Waals surface area contributed by atoms with Crippen LogP contribution in [0.15, 0.2) is 0 Å². The maximum absolute atomic E-state index is 6.00. The Balaban J connectivity index is 0. The lowest BCUT2D eigenvalue weighted by Crippen LogP contribution is -3.00. The standard InChI is InChI=1S/C31H61IN.ClH/c1-5-9-12-14-16-18-20-22-24-26-29-33(28-11-7-3,31(32)8-4)30-27-25-23-21-19-17-15-13-10-6-2;/h4,31H,5-7,9-30H2,1-3H3;1H/q+1;/p-1. The molecule has 0 aromatic rings. The SMILES string of the molecule is C#CC(I)[N+](CCCC)(CCCCCCCCCCCC)CCCCCCCCCCCC.[Cl-]. The number of alkyl halides is 1. The minimum Gasteiger partial charge on any atom is -1.00 e. The highest BCUT2D eigenvalue weighted by Crippen LogP contribution is 2.25. The molecule has 0 fully saturated rings. The summed E-state index contributed by atoms with van der Waals surface area (Å²) in [6.45, 7) is 10.8. The summed E-state index contributed by atoms with van der Waals surface area (Å²) in [6.07, 6.45) is 36.9. The Labute approximate surface area is 236 Å². The summed E-state index contributed by atoms with van der Waals surface area (Å²) in [7, 11) is 0. The summed E-state index contributed by atoms with van der Waals surface area (Å²) in [5, 5.41) is 0. The summed E-state index contributed by atoms with van der Waals surface area (Å²) in [5.41, 5.74) is 0. The number of nitrogens with zero attached hydrogens (tertiary/aromatic N) is 1. The van der Waals surface area contributed by atoms with E-state index in [0.29, 0.717) is 4.05 Å². The van der Waals surface area contributed by atoms with E-state index in [-0.39, 0.29) is 12.4 Å². The van der Waals surface area contributed by atoms with Crippen molar-refractivity contribution in [3.8, 4) is 12.3 Å². The Kier molecular flexibility index (Phi) is 30.3. The van der Waals surface area contributed by atoms with E-state index in [1.165, 1.54) is 165 Å². The van der Waals surface area contributed by atoms with Crippen LogP contribution in [0.4, 0.5) is 0 Å². The first-order chi connectivity index (χ1) is 16.2. The smallest absolute Gasteiger partial charge is 0.200 e. The van der Waals surface area contributed by atoms with Crippen LogP contribution in [0.5, 0.6) is 0 Å². The van der Waals surface area contributed by atoms with Gasteiger partial charge in [0.2, 0.25) is 4.05 Å². The van der Waals surface area contributed by atoms with E-state index >= 15 is 0 Å². The van der Waals surface area contributed by atoms with Crippen molar-refractivity contribution >= 4 is 22.6 Å². The lowest BCUT2D eigenvalue weighted by Gasteiger charge is -2.41. The van der Waals surface area contributed by atoms with Gasteiger partial charge in [0.1, 0.15) is 0 Å². The third-order valence-corrected chi connectivity index (χ3v) is 9.03. The molecule has 0 aliphatic carbocycles. The van der Waals surface area contributed by atoms with Crippen molar-refractivity contribution in [2.24, 2.45) is 0 Å². The molecule has 0 aromatic heterocycles. The van der Waals surface area contributed by atoms with E-state index in [1.807, 2.05) is 0 Å². The number of unbranched alkanes of at least 4 members (excludes halogenated alkanes) is 19. The summed E-state index contributed by atoms with van der Waals surface area (Å²) in [6, 6.07) is 0. The molecule has 204 valence electrons. The van der Waals surface area contributed by atoms with Crippen molar-refractivity contribution in [1.82, 2.24) is 0 Å². The molecule has 3 heteroatoms. The third-order valence-electron chi connectivity index (χ3n) is 7.49. The van der Waals surface area contributed by atoms with Gasteiger partial charge in [-0.25, -0.2) is 0 Å². The van der Waals surface area contributed by atoms with E-state index in [1.54, 1.807) is 0 Å². The molecule has 0 saturated carbocycles. The Morgan fingerprint density at radius 3 is 1.06 bits per heavy atom. The van der Waals surface area contributed by atoms with Crippen LogP contribution in [0, 0.1) is 12.3 Å². The van der Waals surface area contributed by atoms with E-state index in [4.69, 9.17) is 6.42 Å². The quantitative estimate of drug-likeness (QED) is 0.0234. The monoisotopic (exact) mass is 609 g/mol. The number of halogens is 2. The molecule has 1 nitrogen and oxygen atoms in total. The van der Waals surface area contributed by atoms with Crippen molar-refractivity contribution < 1.29 is 16.9 Å². The molecule has 0 heterocycles. The van der Waals surface area contributed by atoms with Gasteiger partial charge < -0.3 is 16.9 Å². The van der Waals surface area contributed by atoms with Crippen LogP contribution in [0.25, 0.3) is 0 Å². The van der Waals surface area contributed by atoms with Crippen molar-refractivity contribution in [2.75, 3.05) is 19.6 Å². The predicted octanol–water partition coefficient (Wildman–Crippen LogP) is 7.84. The third kappa shape index (κ3) is 20.7. The van der Waals surface area contributed by atoms with Gasteiger partial charge in [-0.3, -0.25) is 0 Å². The van der Waals surface area contributed by atoms with Gasteiger partial charge in [0.15, 0.2) is 0 Å². The van der Waals surface area contributed by atoms with Gasteiger partial charge in [0, 0.05) is 22.6 Å². The van der Waals surface area contributed by atoms with Crippen molar-refractivity contribution in [3.63, 3.8) is 0 Å². The predicted molar refractivity (Wildman–Crippen MR) is 160 cm³/mol. The van der Waals surface area contributed by atoms with Crippen LogP contribution in [0.3, 0.4) is 0 Å². The van der Waals surface area contributed by atoms with Gasteiger partial charge in [-0.1, -0.05) is 130 Å². The zero-order chi connectivity index (χ0) is 24.5. The van der Waals surface area contributed by atoms with Gasteiger partial charge in [-0.15, -0.1) is 6.42 Å². The van der Waals surface area contributed by atoms with E-state index in [0.717, 1.165) is 0 Å². The molecular weight excluding hydrogens is 549 g/mol. The molecule has 0 N–H and O–H groups in total. The lowest BCUT2D eigenvalue weighted by atomic mass is 10.0. The number of rotatable bonds is 26. The van der Waals surface area contributed by atoms with Crippen LogP contribution in [-0.2, 0) is 0 Å². The minimum atomic E-state index is 0. The molecule has 0 bridgehead atoms. The zero-order valence-corrected chi connectivity index (χ0v) is 26.4. The minimum absolute atomic E-state index is 0. The van der Waals surface area contributed by atoms with E-state index < -0.39 is 0 Å². The van der Waals surface area contributed by atoms with Crippen LogP contribution in [0.2, 0.25) is 0 Å². The zero-order valence-electron chi connectivity index (χ0n) is 23.5. The highest BCUT2D eigenvalue weighted by Gasteiger charge is 2.32. The second-order valence-electron chi connectivity index (χ2n) is 10.6. The van der Waals surface area contributed by atoms with E-state index in [2.05, 4.69) is 49.3 Å². The second kappa shape index (κ2) is 28.1. The van der Waals surface area contributed by atoms with Crippen LogP contribution in [0.1, 0.15) is 162 Å². The number of hydrogen-bond donors (Lipinski definition) is 0. The van der Waals surface area contributed by atoms with Crippen molar-refractivity contribution in [3.05, 3.63) is 0 Å². The highest BCUT2D eigenvalue weighted by molar-refractivity contribution is 14.1. The number of quaternary nitrogens is 1. The maximum Gasteiger partial charge on any atom is 0.200 e. The lowest BCUT2D eigenvalue weighted by molar-refractivity contribution is -0.927. The maximum atomic E-state index is 6.00. The van der Waals surface area contributed by atoms with Gasteiger partial charge >= 0.3 is 0 Å². The molecule has 0 amide bonds. The fraction of sp³-hybridized carbons (Fsp3) is 0.935. The van der Waals surface area contributed by atoms with Crippen LogP contribution < -0.4 is 12.4 Å².